The van der Waals surface area contributed by atoms with Crippen LogP contribution in [-0.4, -0.2) is 10.9 Å². The Bertz CT molecular complexity index is 615. The molecule has 0 aliphatic carbocycles. The minimum Gasteiger partial charge on any atom is -0.398 e. The molecule has 0 aliphatic heterocycles. The number of carbonyl (C=O) groups is 1. The quantitative estimate of drug-likeness (QED) is 0.748. The summed E-state index contributed by atoms with van der Waals surface area (Å²) in [6.45, 7) is 0.224. The second-order valence-corrected chi connectivity index (χ2v) is 4.81. The van der Waals surface area contributed by atoms with Crippen LogP contribution in [0.1, 0.15) is 16.1 Å². The van der Waals surface area contributed by atoms with Crippen molar-refractivity contribution in [2.45, 2.75) is 6.54 Å². The molecule has 0 saturated heterocycles. The molecule has 0 radical (unpaired) electrons. The average Bonchev–Trinajstić information content (AvgIpc) is 2.72. The highest BCUT2D eigenvalue weighted by Crippen LogP contribution is 2.21. The van der Waals surface area contributed by atoms with Crippen molar-refractivity contribution in [2.75, 3.05) is 5.73 Å². The molecule has 2 aromatic rings. The number of nitrogens with two attached hydrogens (primary N) is 1. The van der Waals surface area contributed by atoms with Crippen molar-refractivity contribution in [3.63, 3.8) is 0 Å². The summed E-state index contributed by atoms with van der Waals surface area (Å²) < 4.78 is 0. The van der Waals surface area contributed by atoms with E-state index in [1.165, 1.54) is 0 Å². The van der Waals surface area contributed by atoms with Crippen LogP contribution >= 0.6 is 22.9 Å². The predicted octanol–water partition coefficient (Wildman–Crippen LogP) is 1.60. The van der Waals surface area contributed by atoms with Crippen LogP contribution in [0.5, 0.6) is 0 Å². The fourth-order valence-corrected chi connectivity index (χ4v) is 2.29. The highest BCUT2D eigenvalue weighted by Gasteiger charge is 2.13. The number of nitrogens with one attached hydrogen (secondary N) is 2. The van der Waals surface area contributed by atoms with E-state index < -0.39 is 0 Å². The van der Waals surface area contributed by atoms with Crippen molar-refractivity contribution in [3.05, 3.63) is 49.5 Å². The SMILES string of the molecule is Nc1cccc(Cl)c1C(=O)NCc1csc(=O)[nH]1. The molecule has 1 aromatic carbocycles. The Hall–Kier alpha value is -1.79. The van der Waals surface area contributed by atoms with Gasteiger partial charge in [-0.05, 0) is 12.1 Å². The van der Waals surface area contributed by atoms with E-state index in [1.54, 1.807) is 23.6 Å². The number of thiazole rings is 1. The molecule has 7 heteroatoms. The summed E-state index contributed by atoms with van der Waals surface area (Å²) in [5, 5.41) is 4.59. The van der Waals surface area contributed by atoms with Gasteiger partial charge in [-0.1, -0.05) is 29.0 Å². The zero-order valence-corrected chi connectivity index (χ0v) is 10.8. The van der Waals surface area contributed by atoms with E-state index in [0.29, 0.717) is 16.4 Å². The maximum absolute atomic E-state index is 11.9. The Labute approximate surface area is 112 Å². The zero-order valence-electron chi connectivity index (χ0n) is 9.20. The Morgan fingerprint density at radius 1 is 1.50 bits per heavy atom. The summed E-state index contributed by atoms with van der Waals surface area (Å²) in [5.41, 5.74) is 6.90. The molecule has 0 bridgehead atoms. The topological polar surface area (TPSA) is 88.0 Å². The first kappa shape index (κ1) is 12.7. The minimum atomic E-state index is -0.370. The standard InChI is InChI=1S/C11H10ClN3O2S/c12-7-2-1-3-8(13)9(7)10(16)14-4-6-5-18-11(17)15-6/h1-3,5H,4,13H2,(H,14,16)(H,15,17). The molecule has 0 spiro atoms. The maximum Gasteiger partial charge on any atom is 0.304 e. The van der Waals surface area contributed by atoms with Crippen LogP contribution in [-0.2, 0) is 6.54 Å². The molecule has 94 valence electrons. The van der Waals surface area contributed by atoms with Crippen molar-refractivity contribution in [1.29, 1.82) is 0 Å². The Morgan fingerprint density at radius 2 is 2.28 bits per heavy atom. The van der Waals surface area contributed by atoms with Crippen LogP contribution in [0.15, 0.2) is 28.4 Å². The summed E-state index contributed by atoms with van der Waals surface area (Å²) in [6.07, 6.45) is 0. The number of rotatable bonds is 3. The van der Waals surface area contributed by atoms with Crippen molar-refractivity contribution < 1.29 is 4.79 Å². The first-order valence-corrected chi connectivity index (χ1v) is 6.32. The highest BCUT2D eigenvalue weighted by atomic mass is 35.5. The molecule has 0 fully saturated rings. The normalized spacial score (nSPS) is 10.3. The Morgan fingerprint density at radius 3 is 2.89 bits per heavy atom. The summed E-state index contributed by atoms with van der Waals surface area (Å²) in [7, 11) is 0. The second-order valence-electron chi connectivity index (χ2n) is 3.56. The molecule has 4 N–H and O–H groups in total. The number of aromatic nitrogens is 1. The third kappa shape index (κ3) is 2.72. The van der Waals surface area contributed by atoms with Gasteiger partial charge in [-0.2, -0.15) is 0 Å². The molecule has 1 amide bonds. The van der Waals surface area contributed by atoms with Gasteiger partial charge < -0.3 is 16.0 Å². The van der Waals surface area contributed by atoms with Gasteiger partial charge in [0.15, 0.2) is 0 Å². The number of anilines is 1. The summed E-state index contributed by atoms with van der Waals surface area (Å²) >= 11 is 6.96. The number of amides is 1. The number of hydrogen-bond acceptors (Lipinski definition) is 4. The van der Waals surface area contributed by atoms with E-state index in [0.717, 1.165) is 11.3 Å². The first-order valence-electron chi connectivity index (χ1n) is 5.07. The second kappa shape index (κ2) is 5.24. The lowest BCUT2D eigenvalue weighted by atomic mass is 10.1. The molecule has 18 heavy (non-hydrogen) atoms. The van der Waals surface area contributed by atoms with Crippen molar-refractivity contribution in [2.24, 2.45) is 0 Å². The molecule has 2 rings (SSSR count). The third-order valence-electron chi connectivity index (χ3n) is 2.28. The van der Waals surface area contributed by atoms with E-state index in [2.05, 4.69) is 10.3 Å². The van der Waals surface area contributed by atoms with Crippen LogP contribution in [0.25, 0.3) is 0 Å². The number of H-pyrrole nitrogens is 1. The molecular weight excluding hydrogens is 274 g/mol. The van der Waals surface area contributed by atoms with E-state index in [1.807, 2.05) is 0 Å². The summed E-state index contributed by atoms with van der Waals surface area (Å²) in [6, 6.07) is 4.87. The molecule has 0 unspecified atom stereocenters. The predicted molar refractivity (Wildman–Crippen MR) is 72.0 cm³/mol. The lowest BCUT2D eigenvalue weighted by Crippen LogP contribution is -2.24. The fourth-order valence-electron chi connectivity index (χ4n) is 1.44. The number of halogens is 1. The van der Waals surface area contributed by atoms with Gasteiger partial charge in [-0.3, -0.25) is 9.59 Å². The number of benzene rings is 1. The summed E-state index contributed by atoms with van der Waals surface area (Å²) in [4.78, 5) is 25.3. The molecule has 0 atom stereocenters. The molecule has 1 heterocycles. The number of aromatic amines is 1. The van der Waals surface area contributed by atoms with Crippen molar-refractivity contribution in [3.8, 4) is 0 Å². The minimum absolute atomic E-state index is 0.156. The molecular formula is C11H10ClN3O2S. The van der Waals surface area contributed by atoms with E-state index in [9.17, 15) is 9.59 Å². The van der Waals surface area contributed by atoms with Crippen molar-refractivity contribution >= 4 is 34.5 Å². The van der Waals surface area contributed by atoms with Gasteiger partial charge in [-0.25, -0.2) is 0 Å². The first-order chi connectivity index (χ1) is 8.58. The van der Waals surface area contributed by atoms with Gasteiger partial charge in [0.25, 0.3) is 5.91 Å². The van der Waals surface area contributed by atoms with Gasteiger partial charge in [0.2, 0.25) is 0 Å². The van der Waals surface area contributed by atoms with Crippen LogP contribution in [0.2, 0.25) is 5.02 Å². The van der Waals surface area contributed by atoms with E-state index in [-0.39, 0.29) is 22.9 Å². The van der Waals surface area contributed by atoms with Crippen LogP contribution in [0, 0.1) is 0 Å². The summed E-state index contributed by atoms with van der Waals surface area (Å²) in [5.74, 6) is -0.370. The Kier molecular flexibility index (Phi) is 3.69. The lowest BCUT2D eigenvalue weighted by molar-refractivity contribution is 0.0951. The fraction of sp³-hybridized carbons (Fsp3) is 0.0909. The Balaban J connectivity index is 2.11. The number of nitrogen functional groups attached to an aromatic ring is 1. The molecule has 0 aliphatic rings. The van der Waals surface area contributed by atoms with Gasteiger partial charge in [0, 0.05) is 16.8 Å². The van der Waals surface area contributed by atoms with Gasteiger partial charge >= 0.3 is 4.87 Å². The zero-order chi connectivity index (χ0) is 13.1. The van der Waals surface area contributed by atoms with Crippen LogP contribution < -0.4 is 15.9 Å². The number of carbonyl (C=O) groups excluding carboxylic acids is 1. The van der Waals surface area contributed by atoms with Crippen molar-refractivity contribution in [1.82, 2.24) is 10.3 Å². The average molecular weight is 284 g/mol. The van der Waals surface area contributed by atoms with E-state index in [4.69, 9.17) is 17.3 Å². The molecule has 1 aromatic heterocycles. The monoisotopic (exact) mass is 283 g/mol. The number of hydrogen-bond donors (Lipinski definition) is 3. The van der Waals surface area contributed by atoms with Gasteiger partial charge in [-0.15, -0.1) is 0 Å². The highest BCUT2D eigenvalue weighted by molar-refractivity contribution is 7.07. The maximum atomic E-state index is 11.9. The largest absolute Gasteiger partial charge is 0.398 e. The third-order valence-corrected chi connectivity index (χ3v) is 3.32. The van der Waals surface area contributed by atoms with Gasteiger partial charge in [0.05, 0.1) is 17.1 Å². The van der Waals surface area contributed by atoms with Crippen LogP contribution in [0.3, 0.4) is 0 Å². The van der Waals surface area contributed by atoms with Crippen LogP contribution in [0.4, 0.5) is 5.69 Å². The lowest BCUT2D eigenvalue weighted by Gasteiger charge is -2.08. The molecule has 0 saturated carbocycles. The smallest absolute Gasteiger partial charge is 0.304 e. The molecule has 5 nitrogen and oxygen atoms in total. The van der Waals surface area contributed by atoms with E-state index >= 15 is 0 Å². The van der Waals surface area contributed by atoms with Gasteiger partial charge in [0.1, 0.15) is 0 Å².